The average Bonchev–Trinajstić information content (AvgIpc) is 4.10. The normalized spacial score (nSPS) is 14.6. The predicted molar refractivity (Wildman–Crippen MR) is 300 cm³/mol. The lowest BCUT2D eigenvalue weighted by Gasteiger charge is -2.32. The number of amides is 3. The van der Waals surface area contributed by atoms with Crippen molar-refractivity contribution in [1.82, 2.24) is 30.7 Å². The van der Waals surface area contributed by atoms with E-state index in [0.29, 0.717) is 58.9 Å². The first kappa shape index (κ1) is 60.9. The van der Waals surface area contributed by atoms with Crippen molar-refractivity contribution in [2.45, 2.75) is 75.9 Å². The Labute approximate surface area is 461 Å². The number of carbonyl (C=O) groups excluding carboxylic acids is 3. The molecule has 0 radical (unpaired) electrons. The van der Waals surface area contributed by atoms with E-state index in [-0.39, 0.29) is 73.8 Å². The highest BCUT2D eigenvalue weighted by atomic mass is 33.1. The van der Waals surface area contributed by atoms with E-state index in [4.69, 9.17) is 14.2 Å². The van der Waals surface area contributed by atoms with Gasteiger partial charge in [0.15, 0.2) is 17.2 Å². The predicted octanol–water partition coefficient (Wildman–Crippen LogP) is 6.83. The number of benzene rings is 2. The SMILES string of the molecule is COc1ccc(-c2cc(CCC[N+](C)(C)C)c3n2[B-](F)(F)[N+]2=C(CCC(=O)NC(CS(=O)(=O)O)C(=O)NCCCCC(=O)NCCOc4cc([N+](=O)[O-])c(C(C)NCCSSc5ccccn5)cc4OC)C=C(C)C2=C3)cc1. The molecule has 2 unspecified atom stereocenters. The molecule has 2 aromatic heterocycles. The van der Waals surface area contributed by atoms with E-state index in [2.05, 4.69) is 47.4 Å². The first-order chi connectivity index (χ1) is 37.0. The number of halogens is 2. The molecule has 422 valence electrons. The van der Waals surface area contributed by atoms with Gasteiger partial charge in [0.05, 0.1) is 65.0 Å². The minimum atomic E-state index is -4.78. The van der Waals surface area contributed by atoms with E-state index in [1.165, 1.54) is 20.3 Å². The van der Waals surface area contributed by atoms with Crippen LogP contribution in [0.25, 0.3) is 17.3 Å². The van der Waals surface area contributed by atoms with Crippen molar-refractivity contribution >= 4 is 73.9 Å². The van der Waals surface area contributed by atoms with Gasteiger partial charge in [-0.2, -0.15) is 8.42 Å². The molecule has 2 aromatic carbocycles. The number of aromatic nitrogens is 2. The summed E-state index contributed by atoms with van der Waals surface area (Å²) >= 11 is 0. The highest BCUT2D eigenvalue weighted by Crippen LogP contribution is 2.42. The molecule has 20 nitrogen and oxygen atoms in total. The Morgan fingerprint density at radius 1 is 0.936 bits per heavy atom. The van der Waals surface area contributed by atoms with Gasteiger partial charge in [-0.15, -0.1) is 0 Å². The Hall–Kier alpha value is -6.32. The second kappa shape index (κ2) is 27.5. The fourth-order valence-electron chi connectivity index (χ4n) is 9.10. The summed E-state index contributed by atoms with van der Waals surface area (Å²) in [7, 11) is 7.55. The minimum absolute atomic E-state index is 0.0135. The number of carbonyl (C=O) groups is 3. The van der Waals surface area contributed by atoms with Crippen molar-refractivity contribution in [2.24, 2.45) is 0 Å². The molecule has 4 heterocycles. The van der Waals surface area contributed by atoms with Crippen LogP contribution in [-0.4, -0.2) is 152 Å². The summed E-state index contributed by atoms with van der Waals surface area (Å²) in [6, 6.07) is 15.1. The van der Waals surface area contributed by atoms with Gasteiger partial charge in [0.2, 0.25) is 17.7 Å². The summed E-state index contributed by atoms with van der Waals surface area (Å²) in [5, 5.41) is 23.9. The molecule has 3 amide bonds. The quantitative estimate of drug-likeness (QED) is 0.00660. The van der Waals surface area contributed by atoms with Gasteiger partial charge in [-0.05, 0) is 104 Å². The number of quaternary nitrogens is 1. The number of allylic oxidation sites excluding steroid dienone is 2. The molecule has 0 saturated heterocycles. The number of methoxy groups -OCH3 is 2. The largest absolute Gasteiger partial charge is 0.737 e. The molecule has 4 aromatic rings. The zero-order valence-corrected chi connectivity index (χ0v) is 47.3. The third kappa shape index (κ3) is 16.8. The summed E-state index contributed by atoms with van der Waals surface area (Å²) in [6.07, 6.45) is 6.46. The third-order valence-electron chi connectivity index (χ3n) is 12.9. The van der Waals surface area contributed by atoms with Crippen molar-refractivity contribution in [3.8, 4) is 28.5 Å². The molecular formula is C52H69BF2N9O11S3+. The molecule has 0 fully saturated rings. The van der Waals surface area contributed by atoms with Crippen molar-refractivity contribution < 1.29 is 64.1 Å². The topological polar surface area (TPSA) is 245 Å². The molecule has 2 aliphatic rings. The smallest absolute Gasteiger partial charge is 0.497 e. The standard InChI is InChI=1S/C52H68BF2N9O11S3/c1-35-29-39(61-43(35)32-45-38(13-12-26-64(3,4)5)30-44(62(45)53(61,54)55)37-16-19-40(73-6)20-17-37)18-21-50(66)60-42(34-78(70,71)72)52(67)59-23-10-8-14-49(65)57-24-27-75-48-33-46(63(68)69)41(31-47(48)74-7)36(2)56-25-28-76-77-51-15-9-11-22-58-51/h9,11,15-17,19-20,22,29-33,36,42,56H,8,10,12-14,18,21,23-28,34H2,1-7H3,(H3-,57,59,60,65,66,67,70,71,72)/p+1. The highest BCUT2D eigenvalue weighted by Gasteiger charge is 2.54. The number of hydrogen-bond donors (Lipinski definition) is 5. The van der Waals surface area contributed by atoms with Gasteiger partial charge in [-0.25, -0.2) is 4.98 Å². The number of aryl methyl sites for hydroxylation is 1. The third-order valence-corrected chi connectivity index (χ3v) is 15.9. The van der Waals surface area contributed by atoms with Crippen LogP contribution in [-0.2, 0) is 30.9 Å². The lowest BCUT2D eigenvalue weighted by molar-refractivity contribution is -0.870. The van der Waals surface area contributed by atoms with Gasteiger partial charge in [-0.3, -0.25) is 29.1 Å². The Balaban J connectivity index is 0.977. The van der Waals surface area contributed by atoms with Gasteiger partial charge in [0, 0.05) is 85.9 Å². The summed E-state index contributed by atoms with van der Waals surface area (Å²) in [5.74, 6) is -1.50. The molecule has 0 aliphatic carbocycles. The molecule has 2 atom stereocenters. The Morgan fingerprint density at radius 3 is 2.36 bits per heavy atom. The summed E-state index contributed by atoms with van der Waals surface area (Å²) in [6.45, 7) is 0.455. The van der Waals surface area contributed by atoms with E-state index in [1.54, 1.807) is 77.2 Å². The fraction of sp³-hybridized carbons (Fsp3) is 0.442. The number of hydrogen-bond acceptors (Lipinski definition) is 14. The minimum Gasteiger partial charge on any atom is -0.497 e. The van der Waals surface area contributed by atoms with Gasteiger partial charge < -0.3 is 57.6 Å². The lowest BCUT2D eigenvalue weighted by atomic mass is 9.88. The molecule has 5 N–H and O–H groups in total. The Morgan fingerprint density at radius 2 is 1.69 bits per heavy atom. The van der Waals surface area contributed by atoms with Crippen LogP contribution in [0.5, 0.6) is 17.2 Å². The number of nitrogens with zero attached hydrogens (tertiary/aromatic N) is 5. The van der Waals surface area contributed by atoms with Crippen molar-refractivity contribution in [1.29, 1.82) is 0 Å². The number of rotatable bonds is 31. The van der Waals surface area contributed by atoms with Crippen molar-refractivity contribution in [3.05, 3.63) is 111 Å². The van der Waals surface area contributed by atoms with Crippen LogP contribution in [0.1, 0.15) is 75.2 Å². The highest BCUT2D eigenvalue weighted by molar-refractivity contribution is 8.76. The van der Waals surface area contributed by atoms with Crippen molar-refractivity contribution in [3.63, 3.8) is 0 Å². The number of nitrogens with one attached hydrogen (secondary N) is 4. The molecule has 26 heteroatoms. The zero-order chi connectivity index (χ0) is 56.8. The number of unbranched alkanes of at least 4 members (excludes halogenated alkanes) is 1. The Kier molecular flexibility index (Phi) is 21.5. The maximum atomic E-state index is 17.2. The molecule has 0 saturated carbocycles. The monoisotopic (exact) mass is 1140 g/mol. The fourth-order valence-corrected chi connectivity index (χ4v) is 11.6. The molecule has 0 spiro atoms. The number of nitro groups is 1. The van der Waals surface area contributed by atoms with Gasteiger partial charge >= 0.3 is 6.97 Å². The van der Waals surface area contributed by atoms with E-state index in [9.17, 15) is 37.5 Å². The van der Waals surface area contributed by atoms with E-state index < -0.39 is 52.0 Å². The number of ether oxygens (including phenoxy) is 3. The van der Waals surface area contributed by atoms with Crippen LogP contribution in [0.3, 0.4) is 0 Å². The molecule has 78 heavy (non-hydrogen) atoms. The number of fused-ring (bicyclic) bond motifs is 2. The molecule has 0 bridgehead atoms. The van der Waals surface area contributed by atoms with E-state index in [1.807, 2.05) is 31.2 Å². The van der Waals surface area contributed by atoms with Crippen molar-refractivity contribution in [2.75, 3.05) is 79.7 Å². The van der Waals surface area contributed by atoms with Crippen LogP contribution in [0.15, 0.2) is 89.2 Å². The first-order valence-corrected chi connectivity index (χ1v) is 29.4. The molecule has 2 aliphatic heterocycles. The lowest BCUT2D eigenvalue weighted by Crippen LogP contribution is -2.51. The summed E-state index contributed by atoms with van der Waals surface area (Å²) in [5.41, 5.74) is 3.37. The number of pyridine rings is 1. The first-order valence-electron chi connectivity index (χ1n) is 25.5. The van der Waals surface area contributed by atoms with Crippen LogP contribution >= 0.6 is 21.6 Å². The van der Waals surface area contributed by atoms with E-state index >= 15 is 8.63 Å². The van der Waals surface area contributed by atoms with Crippen LogP contribution in [0.4, 0.5) is 14.3 Å². The molecule has 6 rings (SSSR count). The van der Waals surface area contributed by atoms with Crippen LogP contribution in [0, 0.1) is 10.1 Å². The molecular weight excluding hydrogens is 1070 g/mol. The van der Waals surface area contributed by atoms with E-state index in [0.717, 1.165) is 42.8 Å². The average molecular weight is 1140 g/mol. The second-order valence-electron chi connectivity index (χ2n) is 19.8. The summed E-state index contributed by atoms with van der Waals surface area (Å²) in [4.78, 5) is 55.1. The van der Waals surface area contributed by atoms with Gasteiger partial charge in [-0.1, -0.05) is 16.9 Å². The zero-order valence-electron chi connectivity index (χ0n) is 44.9. The maximum Gasteiger partial charge on any atom is 0.737 e. The second-order valence-corrected chi connectivity index (χ2v) is 23.8. The van der Waals surface area contributed by atoms with Crippen LogP contribution < -0.4 is 35.5 Å². The number of nitro benzene ring substituents is 1. The van der Waals surface area contributed by atoms with Gasteiger partial charge in [0.25, 0.3) is 15.8 Å². The Bertz CT molecular complexity index is 3010. The maximum absolute atomic E-state index is 17.2. The summed E-state index contributed by atoms with van der Waals surface area (Å²) < 4.78 is 87.5. The van der Waals surface area contributed by atoms with Crippen LogP contribution in [0.2, 0.25) is 0 Å². The van der Waals surface area contributed by atoms with Gasteiger partial charge in [0.1, 0.15) is 34.9 Å².